The van der Waals surface area contributed by atoms with Crippen molar-refractivity contribution < 1.29 is 15.4 Å². The molecule has 0 fully saturated rings. The molecule has 0 heterocycles. The molecule has 0 aromatic heterocycles. The van der Waals surface area contributed by atoms with E-state index < -0.39 is 6.10 Å². The van der Waals surface area contributed by atoms with Crippen LogP contribution in [0.1, 0.15) is 11.1 Å². The fourth-order valence-corrected chi connectivity index (χ4v) is 1.63. The van der Waals surface area contributed by atoms with Gasteiger partial charge >= 0.3 is 0 Å². The normalized spacial score (nSPS) is 13.9. The van der Waals surface area contributed by atoms with Crippen molar-refractivity contribution in [2.24, 2.45) is 10.9 Å². The number of amidine groups is 1. The van der Waals surface area contributed by atoms with Crippen LogP contribution < -0.4 is 5.73 Å². The number of aliphatic hydroxyl groups is 2. The minimum atomic E-state index is -0.730. The van der Waals surface area contributed by atoms with Gasteiger partial charge in [-0.3, -0.25) is 4.90 Å². The highest BCUT2D eigenvalue weighted by Gasteiger charge is 2.07. The van der Waals surface area contributed by atoms with Crippen LogP contribution >= 0.6 is 0 Å². The van der Waals surface area contributed by atoms with Crippen molar-refractivity contribution in [3.63, 3.8) is 0 Å². The van der Waals surface area contributed by atoms with E-state index in [0.717, 1.165) is 5.56 Å². The van der Waals surface area contributed by atoms with Crippen molar-refractivity contribution in [2.75, 3.05) is 20.2 Å². The first-order valence-electron chi connectivity index (χ1n) is 5.61. The molecule has 0 amide bonds. The number of nitrogens with zero attached hydrogens (tertiary/aromatic N) is 2. The van der Waals surface area contributed by atoms with Crippen LogP contribution in [0.15, 0.2) is 29.4 Å². The molecule has 0 saturated heterocycles. The summed E-state index contributed by atoms with van der Waals surface area (Å²) in [5, 5.41) is 29.5. The molecule has 1 aromatic carbocycles. The molecule has 0 aliphatic heterocycles. The summed E-state index contributed by atoms with van der Waals surface area (Å²) in [6, 6.07) is 7.27. The van der Waals surface area contributed by atoms with Crippen LogP contribution in [-0.2, 0) is 6.54 Å². The van der Waals surface area contributed by atoms with Gasteiger partial charge in [-0.05, 0) is 12.6 Å². The Labute approximate surface area is 106 Å². The van der Waals surface area contributed by atoms with Crippen LogP contribution in [-0.4, -0.2) is 52.5 Å². The largest absolute Gasteiger partial charge is 0.409 e. The molecule has 1 rings (SSSR count). The minimum Gasteiger partial charge on any atom is -0.409 e. The second kappa shape index (κ2) is 6.95. The summed E-state index contributed by atoms with van der Waals surface area (Å²) in [5.41, 5.74) is 7.15. The molecule has 1 unspecified atom stereocenters. The predicted octanol–water partition coefficient (Wildman–Crippen LogP) is -0.434. The van der Waals surface area contributed by atoms with E-state index >= 15 is 0 Å². The van der Waals surface area contributed by atoms with Gasteiger partial charge in [0.1, 0.15) is 0 Å². The molecule has 5 N–H and O–H groups in total. The van der Waals surface area contributed by atoms with E-state index in [9.17, 15) is 5.11 Å². The number of likely N-dealkylation sites (N-methyl/N-ethyl adjacent to an activating group) is 1. The quantitative estimate of drug-likeness (QED) is 0.238. The van der Waals surface area contributed by atoms with Crippen LogP contribution in [0.2, 0.25) is 0 Å². The maximum Gasteiger partial charge on any atom is 0.170 e. The predicted molar refractivity (Wildman–Crippen MR) is 68.4 cm³/mol. The molecule has 0 saturated carbocycles. The van der Waals surface area contributed by atoms with Crippen molar-refractivity contribution in [2.45, 2.75) is 12.6 Å². The van der Waals surface area contributed by atoms with Gasteiger partial charge in [-0.1, -0.05) is 29.4 Å². The van der Waals surface area contributed by atoms with Crippen molar-refractivity contribution in [3.05, 3.63) is 35.4 Å². The lowest BCUT2D eigenvalue weighted by Gasteiger charge is -2.19. The topological polar surface area (TPSA) is 102 Å². The Morgan fingerprint density at radius 1 is 1.39 bits per heavy atom. The molecule has 6 nitrogen and oxygen atoms in total. The first-order chi connectivity index (χ1) is 8.56. The smallest absolute Gasteiger partial charge is 0.170 e. The Morgan fingerprint density at radius 2 is 2.00 bits per heavy atom. The maximum atomic E-state index is 9.30. The van der Waals surface area contributed by atoms with Gasteiger partial charge < -0.3 is 21.2 Å². The molecule has 0 aliphatic rings. The van der Waals surface area contributed by atoms with Gasteiger partial charge in [-0.2, -0.15) is 0 Å². The average molecular weight is 253 g/mol. The summed E-state index contributed by atoms with van der Waals surface area (Å²) in [7, 11) is 1.86. The second-order valence-electron chi connectivity index (χ2n) is 4.22. The fourth-order valence-electron chi connectivity index (χ4n) is 1.63. The summed E-state index contributed by atoms with van der Waals surface area (Å²) in [6.45, 7) is 0.804. The van der Waals surface area contributed by atoms with Crippen molar-refractivity contribution >= 4 is 5.84 Å². The van der Waals surface area contributed by atoms with E-state index in [1.165, 1.54) is 0 Å². The summed E-state index contributed by atoms with van der Waals surface area (Å²) in [6.07, 6.45) is -0.730. The first kappa shape index (κ1) is 14.4. The highest BCUT2D eigenvalue weighted by atomic mass is 16.4. The van der Waals surface area contributed by atoms with Crippen LogP contribution in [0.25, 0.3) is 0 Å². The lowest BCUT2D eigenvalue weighted by atomic mass is 10.1. The van der Waals surface area contributed by atoms with Crippen LogP contribution in [0.5, 0.6) is 0 Å². The van der Waals surface area contributed by atoms with Crippen molar-refractivity contribution in [1.82, 2.24) is 4.90 Å². The second-order valence-corrected chi connectivity index (χ2v) is 4.22. The van der Waals surface area contributed by atoms with E-state index in [1.807, 2.05) is 24.1 Å². The van der Waals surface area contributed by atoms with E-state index in [4.69, 9.17) is 16.0 Å². The first-order valence-corrected chi connectivity index (χ1v) is 5.61. The monoisotopic (exact) mass is 253 g/mol. The number of nitrogens with two attached hydrogens (primary N) is 1. The van der Waals surface area contributed by atoms with E-state index in [0.29, 0.717) is 18.7 Å². The molecule has 0 spiro atoms. The van der Waals surface area contributed by atoms with Crippen molar-refractivity contribution in [3.8, 4) is 0 Å². The molecule has 0 radical (unpaired) electrons. The zero-order valence-electron chi connectivity index (χ0n) is 10.3. The van der Waals surface area contributed by atoms with Gasteiger partial charge in [-0.25, -0.2) is 0 Å². The van der Waals surface area contributed by atoms with Gasteiger partial charge in [0, 0.05) is 18.7 Å². The molecular formula is C12H19N3O3. The van der Waals surface area contributed by atoms with E-state index in [2.05, 4.69) is 5.16 Å². The lowest BCUT2D eigenvalue weighted by molar-refractivity contribution is 0.0648. The third-order valence-electron chi connectivity index (χ3n) is 2.54. The Hall–Kier alpha value is -1.63. The zero-order valence-corrected chi connectivity index (χ0v) is 10.3. The van der Waals surface area contributed by atoms with Gasteiger partial charge in [0.15, 0.2) is 5.84 Å². The van der Waals surface area contributed by atoms with Crippen LogP contribution in [0.3, 0.4) is 0 Å². The summed E-state index contributed by atoms with van der Waals surface area (Å²) >= 11 is 0. The maximum absolute atomic E-state index is 9.30. The molecular weight excluding hydrogens is 234 g/mol. The molecule has 18 heavy (non-hydrogen) atoms. The number of hydrogen-bond acceptors (Lipinski definition) is 5. The molecule has 6 heteroatoms. The van der Waals surface area contributed by atoms with E-state index in [1.54, 1.807) is 12.1 Å². The molecule has 1 aromatic rings. The van der Waals surface area contributed by atoms with Gasteiger partial charge in [-0.15, -0.1) is 0 Å². The molecule has 1 atom stereocenters. The lowest BCUT2D eigenvalue weighted by Crippen LogP contribution is -2.30. The summed E-state index contributed by atoms with van der Waals surface area (Å²) in [4.78, 5) is 1.90. The Kier molecular flexibility index (Phi) is 5.57. The molecule has 0 bridgehead atoms. The average Bonchev–Trinajstić information content (AvgIpc) is 2.38. The highest BCUT2D eigenvalue weighted by Crippen LogP contribution is 2.07. The number of benzene rings is 1. The zero-order chi connectivity index (χ0) is 13.5. The van der Waals surface area contributed by atoms with E-state index in [-0.39, 0.29) is 12.4 Å². The third-order valence-corrected chi connectivity index (χ3v) is 2.54. The number of aliphatic hydroxyl groups excluding tert-OH is 2. The number of hydrogen-bond donors (Lipinski definition) is 4. The highest BCUT2D eigenvalue weighted by molar-refractivity contribution is 5.96. The van der Waals surface area contributed by atoms with Crippen LogP contribution in [0, 0.1) is 0 Å². The Morgan fingerprint density at radius 3 is 2.50 bits per heavy atom. The number of rotatable bonds is 6. The fraction of sp³-hybridized carbons (Fsp3) is 0.417. The van der Waals surface area contributed by atoms with Crippen molar-refractivity contribution in [1.29, 1.82) is 0 Å². The summed E-state index contributed by atoms with van der Waals surface area (Å²) < 4.78 is 0. The minimum absolute atomic E-state index is 0.0746. The number of oxime groups is 1. The van der Waals surface area contributed by atoms with Gasteiger partial charge in [0.2, 0.25) is 0 Å². The standard InChI is InChI=1S/C12H19N3O3/c1-15(7-11(17)8-16)6-9-2-4-10(5-3-9)12(13)14-18/h2-5,11,16-18H,6-8H2,1H3,(H2,13,14). The van der Waals surface area contributed by atoms with Crippen LogP contribution in [0.4, 0.5) is 0 Å². The van der Waals surface area contributed by atoms with Gasteiger partial charge in [0.05, 0.1) is 12.7 Å². The SMILES string of the molecule is CN(Cc1ccc(C(N)=NO)cc1)CC(O)CO. The summed E-state index contributed by atoms with van der Waals surface area (Å²) in [5.74, 6) is 0.0746. The molecule has 0 aliphatic carbocycles. The Balaban J connectivity index is 2.58. The third kappa shape index (κ3) is 4.33. The Bertz CT molecular complexity index is 392. The molecule has 100 valence electrons. The van der Waals surface area contributed by atoms with Gasteiger partial charge in [0.25, 0.3) is 0 Å².